The van der Waals surface area contributed by atoms with Gasteiger partial charge in [0.05, 0.1) is 5.69 Å². The predicted octanol–water partition coefficient (Wildman–Crippen LogP) is 2.20. The van der Waals surface area contributed by atoms with Gasteiger partial charge in [0.25, 0.3) is 11.3 Å². The average Bonchev–Trinajstić information content (AvgIpc) is 2.99. The second-order valence-electron chi connectivity index (χ2n) is 4.71. The van der Waals surface area contributed by atoms with Crippen LogP contribution in [-0.2, 0) is 0 Å². The molecule has 0 radical (unpaired) electrons. The molecular weight excluding hydrogens is 336 g/mol. The van der Waals surface area contributed by atoms with Crippen LogP contribution in [0.4, 0.5) is 0 Å². The fourth-order valence-electron chi connectivity index (χ4n) is 2.30. The summed E-state index contributed by atoms with van der Waals surface area (Å²) >= 11 is 7.39. The molecule has 0 fully saturated rings. The van der Waals surface area contributed by atoms with E-state index in [-0.39, 0.29) is 11.1 Å². The van der Waals surface area contributed by atoms with Crippen molar-refractivity contribution in [2.75, 3.05) is 6.26 Å². The third kappa shape index (κ3) is 2.27. The molecule has 4 aromatic rings. The van der Waals surface area contributed by atoms with E-state index in [1.54, 1.807) is 36.5 Å². The molecule has 0 bridgehead atoms. The van der Waals surface area contributed by atoms with Crippen LogP contribution in [0.3, 0.4) is 0 Å². The summed E-state index contributed by atoms with van der Waals surface area (Å²) in [5.41, 5.74) is 1.15. The molecule has 0 N–H and O–H groups in total. The van der Waals surface area contributed by atoms with Crippen LogP contribution in [0.15, 0.2) is 46.5 Å². The summed E-state index contributed by atoms with van der Waals surface area (Å²) in [6.07, 6.45) is 3.54. The lowest BCUT2D eigenvalue weighted by Gasteiger charge is -2.07. The van der Waals surface area contributed by atoms with Gasteiger partial charge in [-0.25, -0.2) is 0 Å². The summed E-state index contributed by atoms with van der Waals surface area (Å²) in [4.78, 5) is 16.9. The molecule has 0 aliphatic carbocycles. The predicted molar refractivity (Wildman–Crippen MR) is 88.5 cm³/mol. The number of hydrogen-bond acceptors (Lipinski definition) is 6. The zero-order valence-corrected chi connectivity index (χ0v) is 13.4. The Kier molecular flexibility index (Phi) is 3.28. The minimum atomic E-state index is -0.291. The van der Waals surface area contributed by atoms with E-state index in [9.17, 15) is 4.79 Å². The number of fused-ring (bicyclic) bond motifs is 3. The third-order valence-electron chi connectivity index (χ3n) is 3.35. The van der Waals surface area contributed by atoms with Crippen molar-refractivity contribution in [3.8, 4) is 5.69 Å². The Morgan fingerprint density at radius 3 is 2.87 bits per heavy atom. The lowest BCUT2D eigenvalue weighted by molar-refractivity contribution is 0.885. The van der Waals surface area contributed by atoms with Gasteiger partial charge < -0.3 is 0 Å². The Bertz CT molecular complexity index is 1110. The standard InChI is InChI=1S/C14H9ClN6OS/c1-23-14-16-13-18-17-11-10(21(13)19-14)5-6-20(12(11)22)9-4-2-3-8(15)7-9/h2-7H,1H3. The molecule has 3 aromatic heterocycles. The summed E-state index contributed by atoms with van der Waals surface area (Å²) < 4.78 is 3.00. The Morgan fingerprint density at radius 1 is 1.22 bits per heavy atom. The summed E-state index contributed by atoms with van der Waals surface area (Å²) in [6.45, 7) is 0. The highest BCUT2D eigenvalue weighted by atomic mass is 35.5. The Balaban J connectivity index is 2.02. The monoisotopic (exact) mass is 344 g/mol. The molecule has 3 heterocycles. The smallest absolute Gasteiger partial charge is 0.282 e. The summed E-state index contributed by atoms with van der Waals surface area (Å²) in [5.74, 6) is 0.363. The Morgan fingerprint density at radius 2 is 2.09 bits per heavy atom. The van der Waals surface area contributed by atoms with Gasteiger partial charge in [-0.1, -0.05) is 29.4 Å². The number of pyridine rings is 1. The minimum Gasteiger partial charge on any atom is -0.282 e. The Hall–Kier alpha value is -2.45. The van der Waals surface area contributed by atoms with Crippen LogP contribution in [0.25, 0.3) is 22.5 Å². The first kappa shape index (κ1) is 14.2. The summed E-state index contributed by atoms with van der Waals surface area (Å²) in [6, 6.07) is 8.80. The molecule has 7 nitrogen and oxygen atoms in total. The highest BCUT2D eigenvalue weighted by Crippen LogP contribution is 2.16. The van der Waals surface area contributed by atoms with Crippen molar-refractivity contribution >= 4 is 40.2 Å². The van der Waals surface area contributed by atoms with Crippen LogP contribution in [0.5, 0.6) is 0 Å². The second-order valence-corrected chi connectivity index (χ2v) is 5.92. The molecule has 0 unspecified atom stereocenters. The van der Waals surface area contributed by atoms with E-state index in [2.05, 4.69) is 20.3 Å². The fraction of sp³-hybridized carbons (Fsp3) is 0.0714. The number of nitrogens with zero attached hydrogens (tertiary/aromatic N) is 6. The molecule has 9 heteroatoms. The number of thioether (sulfide) groups is 1. The quantitative estimate of drug-likeness (QED) is 0.519. The second kappa shape index (κ2) is 5.32. The first-order chi connectivity index (χ1) is 11.2. The van der Waals surface area contributed by atoms with E-state index < -0.39 is 0 Å². The van der Waals surface area contributed by atoms with Gasteiger partial charge in [-0.15, -0.1) is 15.3 Å². The van der Waals surface area contributed by atoms with Crippen LogP contribution in [0.2, 0.25) is 5.02 Å². The van der Waals surface area contributed by atoms with Gasteiger partial charge >= 0.3 is 0 Å². The van der Waals surface area contributed by atoms with Crippen LogP contribution in [-0.4, -0.2) is 35.6 Å². The van der Waals surface area contributed by atoms with Gasteiger partial charge in [0.15, 0.2) is 5.52 Å². The molecule has 0 amide bonds. The van der Waals surface area contributed by atoms with Crippen molar-refractivity contribution in [2.45, 2.75) is 5.16 Å². The van der Waals surface area contributed by atoms with Gasteiger partial charge in [-0.3, -0.25) is 9.36 Å². The highest BCUT2D eigenvalue weighted by Gasteiger charge is 2.13. The van der Waals surface area contributed by atoms with Gasteiger partial charge in [0.1, 0.15) is 5.52 Å². The van der Waals surface area contributed by atoms with Crippen molar-refractivity contribution in [3.05, 3.63) is 51.9 Å². The maximum absolute atomic E-state index is 12.7. The average molecular weight is 345 g/mol. The van der Waals surface area contributed by atoms with Gasteiger partial charge in [0.2, 0.25) is 5.16 Å². The maximum Gasteiger partial charge on any atom is 0.285 e. The van der Waals surface area contributed by atoms with Crippen LogP contribution in [0, 0.1) is 0 Å². The zero-order valence-electron chi connectivity index (χ0n) is 11.8. The van der Waals surface area contributed by atoms with E-state index >= 15 is 0 Å². The summed E-state index contributed by atoms with van der Waals surface area (Å²) in [7, 11) is 0. The minimum absolute atomic E-state index is 0.220. The van der Waals surface area contributed by atoms with Crippen LogP contribution >= 0.6 is 23.4 Å². The molecule has 0 aliphatic heterocycles. The fourth-order valence-corrected chi connectivity index (χ4v) is 2.82. The molecule has 1 aromatic carbocycles. The van der Waals surface area contributed by atoms with Crippen molar-refractivity contribution < 1.29 is 0 Å². The molecule has 4 rings (SSSR count). The number of benzene rings is 1. The van der Waals surface area contributed by atoms with Crippen LogP contribution in [0.1, 0.15) is 0 Å². The van der Waals surface area contributed by atoms with E-state index in [1.165, 1.54) is 20.8 Å². The normalized spacial score (nSPS) is 11.4. The molecule has 114 valence electrons. The Labute approximate surface area is 138 Å². The maximum atomic E-state index is 12.7. The number of hydrogen-bond donors (Lipinski definition) is 0. The van der Waals surface area contributed by atoms with Crippen molar-refractivity contribution in [3.63, 3.8) is 0 Å². The van der Waals surface area contributed by atoms with E-state index in [4.69, 9.17) is 11.6 Å². The zero-order chi connectivity index (χ0) is 16.0. The number of aromatic nitrogens is 6. The van der Waals surface area contributed by atoms with E-state index in [1.807, 2.05) is 6.26 Å². The van der Waals surface area contributed by atoms with Gasteiger partial charge in [-0.05, 0) is 30.5 Å². The first-order valence-corrected chi connectivity index (χ1v) is 8.22. The molecule has 0 spiro atoms. The number of rotatable bonds is 2. The lowest BCUT2D eigenvalue weighted by Crippen LogP contribution is -2.20. The molecule has 0 saturated carbocycles. The highest BCUT2D eigenvalue weighted by molar-refractivity contribution is 7.98. The molecular formula is C14H9ClN6OS. The SMILES string of the molecule is CSc1nc2nnc3c(=O)n(-c4cccc(Cl)c4)ccc3n2n1. The third-order valence-corrected chi connectivity index (χ3v) is 4.13. The van der Waals surface area contributed by atoms with E-state index in [0.717, 1.165) is 0 Å². The first-order valence-electron chi connectivity index (χ1n) is 6.62. The molecule has 0 atom stereocenters. The van der Waals surface area contributed by atoms with Crippen molar-refractivity contribution in [2.24, 2.45) is 0 Å². The van der Waals surface area contributed by atoms with Crippen LogP contribution < -0.4 is 5.56 Å². The van der Waals surface area contributed by atoms with Gasteiger partial charge in [0, 0.05) is 11.2 Å². The molecule has 23 heavy (non-hydrogen) atoms. The summed E-state index contributed by atoms with van der Waals surface area (Å²) in [5, 5.41) is 13.4. The van der Waals surface area contributed by atoms with Crippen molar-refractivity contribution in [1.29, 1.82) is 0 Å². The van der Waals surface area contributed by atoms with Crippen molar-refractivity contribution in [1.82, 2.24) is 29.4 Å². The molecule has 0 saturated heterocycles. The topological polar surface area (TPSA) is 78.0 Å². The largest absolute Gasteiger partial charge is 0.285 e. The lowest BCUT2D eigenvalue weighted by atomic mass is 10.3. The number of halogens is 1. The molecule has 0 aliphatic rings. The van der Waals surface area contributed by atoms with Gasteiger partial charge in [-0.2, -0.15) is 9.50 Å². The van der Waals surface area contributed by atoms with E-state index in [0.29, 0.717) is 27.2 Å².